The fraction of sp³-hybridized carbons (Fsp3) is 0.304. The smallest absolute Gasteiger partial charge is 0.149 e. The highest BCUT2D eigenvalue weighted by Gasteiger charge is 2.34. The second-order valence-electron chi connectivity index (χ2n) is 7.86. The summed E-state index contributed by atoms with van der Waals surface area (Å²) in [6.07, 6.45) is -0.672. The van der Waals surface area contributed by atoms with Crippen LogP contribution in [-0.4, -0.2) is 33.1 Å². The molecule has 4 rings (SSSR count). The van der Waals surface area contributed by atoms with E-state index in [9.17, 15) is 5.11 Å². The number of nitrogens with one attached hydrogen (secondary N) is 1. The number of anilines is 1. The predicted molar refractivity (Wildman–Crippen MR) is 113 cm³/mol. The van der Waals surface area contributed by atoms with Gasteiger partial charge in [0.15, 0.2) is 0 Å². The minimum absolute atomic E-state index is 0.369. The number of aryl methyl sites for hydroxylation is 3. The van der Waals surface area contributed by atoms with Crippen molar-refractivity contribution < 1.29 is 5.11 Å². The number of hydrogen-bond acceptors (Lipinski definition) is 5. The number of nitrogens with zero attached hydrogens (tertiary/aromatic N) is 3. The van der Waals surface area contributed by atoms with Gasteiger partial charge in [-0.1, -0.05) is 18.2 Å². The van der Waals surface area contributed by atoms with Crippen LogP contribution >= 0.6 is 0 Å². The zero-order valence-electron chi connectivity index (χ0n) is 16.9. The lowest BCUT2D eigenvalue weighted by Gasteiger charge is -2.43. The van der Waals surface area contributed by atoms with Crippen LogP contribution in [0.1, 0.15) is 45.8 Å². The van der Waals surface area contributed by atoms with E-state index in [0.29, 0.717) is 17.3 Å². The van der Waals surface area contributed by atoms with E-state index >= 15 is 0 Å². The van der Waals surface area contributed by atoms with Gasteiger partial charge in [-0.25, -0.2) is 4.98 Å². The maximum Gasteiger partial charge on any atom is 0.149 e. The molecule has 4 N–H and O–H groups in total. The van der Waals surface area contributed by atoms with Gasteiger partial charge in [-0.15, -0.1) is 0 Å². The van der Waals surface area contributed by atoms with E-state index in [2.05, 4.69) is 27.0 Å². The molecule has 6 heteroatoms. The third-order valence-electron chi connectivity index (χ3n) is 5.78. The molecule has 0 spiro atoms. The van der Waals surface area contributed by atoms with Crippen LogP contribution in [0.15, 0.2) is 36.4 Å². The summed E-state index contributed by atoms with van der Waals surface area (Å²) in [6.45, 7) is 7.50. The van der Waals surface area contributed by atoms with Crippen LogP contribution in [0, 0.1) is 32.1 Å². The van der Waals surface area contributed by atoms with Crippen molar-refractivity contribution in [2.75, 3.05) is 18.8 Å². The second-order valence-corrected chi connectivity index (χ2v) is 7.86. The van der Waals surface area contributed by atoms with Gasteiger partial charge in [-0.3, -0.25) is 4.90 Å². The number of benzene rings is 2. The Balaban J connectivity index is 1.55. The molecule has 1 unspecified atom stereocenters. The maximum absolute atomic E-state index is 11.0. The minimum atomic E-state index is -0.672. The molecule has 0 amide bonds. The van der Waals surface area contributed by atoms with Crippen molar-refractivity contribution in [2.24, 2.45) is 0 Å². The zero-order chi connectivity index (χ0) is 20.7. The van der Waals surface area contributed by atoms with Crippen LogP contribution in [0.3, 0.4) is 0 Å². The average Bonchev–Trinajstić information content (AvgIpc) is 2.99. The minimum Gasteiger partial charge on any atom is -0.382 e. The van der Waals surface area contributed by atoms with E-state index in [1.807, 2.05) is 51.1 Å². The number of rotatable bonds is 4. The van der Waals surface area contributed by atoms with E-state index in [0.717, 1.165) is 46.9 Å². The molecule has 1 aromatic heterocycles. The number of nitrogen functional groups attached to an aromatic ring is 1. The van der Waals surface area contributed by atoms with Gasteiger partial charge in [-0.05, 0) is 61.2 Å². The normalized spacial score (nSPS) is 15.7. The highest BCUT2D eigenvalue weighted by atomic mass is 16.3. The van der Waals surface area contributed by atoms with Crippen molar-refractivity contribution >= 4 is 5.82 Å². The number of imidazole rings is 1. The van der Waals surface area contributed by atoms with Gasteiger partial charge < -0.3 is 15.8 Å². The van der Waals surface area contributed by atoms with E-state index in [4.69, 9.17) is 11.0 Å². The average molecular weight is 387 g/mol. The molecule has 148 valence electrons. The Morgan fingerprint density at radius 3 is 2.45 bits per heavy atom. The standard InChI is InChI=1S/C23H25N5O/c1-13-8-14(2)20(9-19(13)21-22(25)27-15(3)26-21)23(29)28-11-18(12-28)17-6-4-16(10-24)5-7-17/h4-9,18,23,29H,11-12,25H2,1-3H3,(H,26,27). The molecular formula is C23H25N5O. The molecule has 0 radical (unpaired) electrons. The van der Waals surface area contributed by atoms with E-state index in [1.165, 1.54) is 5.56 Å². The molecule has 1 aliphatic rings. The van der Waals surface area contributed by atoms with Crippen LogP contribution in [-0.2, 0) is 0 Å². The SMILES string of the molecule is Cc1nc(N)c(-c2cc(C(O)N3CC(c4ccc(C#N)cc4)C3)c(C)cc2C)[nH]1. The van der Waals surface area contributed by atoms with Crippen LogP contribution in [0.4, 0.5) is 5.82 Å². The Morgan fingerprint density at radius 2 is 1.86 bits per heavy atom. The predicted octanol–water partition coefficient (Wildman–Crippen LogP) is 3.55. The summed E-state index contributed by atoms with van der Waals surface area (Å²) in [5.74, 6) is 1.61. The number of aromatic amines is 1. The third kappa shape index (κ3) is 3.51. The summed E-state index contributed by atoms with van der Waals surface area (Å²) >= 11 is 0. The first-order chi connectivity index (χ1) is 13.9. The van der Waals surface area contributed by atoms with Gasteiger partial charge in [0.05, 0.1) is 17.3 Å². The highest BCUT2D eigenvalue weighted by molar-refractivity contribution is 5.74. The van der Waals surface area contributed by atoms with Crippen molar-refractivity contribution in [1.29, 1.82) is 5.26 Å². The largest absolute Gasteiger partial charge is 0.382 e. The van der Waals surface area contributed by atoms with Crippen molar-refractivity contribution in [3.63, 3.8) is 0 Å². The number of aliphatic hydroxyl groups is 1. The molecule has 1 fully saturated rings. The summed E-state index contributed by atoms with van der Waals surface area (Å²) in [5.41, 5.74) is 12.7. The Morgan fingerprint density at radius 1 is 1.17 bits per heavy atom. The lowest BCUT2D eigenvalue weighted by atomic mass is 9.89. The number of nitriles is 1. The monoisotopic (exact) mass is 387 g/mol. The molecule has 29 heavy (non-hydrogen) atoms. The van der Waals surface area contributed by atoms with Gasteiger partial charge >= 0.3 is 0 Å². The summed E-state index contributed by atoms with van der Waals surface area (Å²) in [7, 11) is 0. The first-order valence-corrected chi connectivity index (χ1v) is 9.73. The van der Waals surface area contributed by atoms with Gasteiger partial charge in [-0.2, -0.15) is 5.26 Å². The summed E-state index contributed by atoms with van der Waals surface area (Å²) in [4.78, 5) is 9.56. The Bertz CT molecular complexity index is 1090. The van der Waals surface area contributed by atoms with Crippen molar-refractivity contribution in [2.45, 2.75) is 32.9 Å². The zero-order valence-corrected chi connectivity index (χ0v) is 16.9. The van der Waals surface area contributed by atoms with Crippen LogP contribution in [0.25, 0.3) is 11.3 Å². The third-order valence-corrected chi connectivity index (χ3v) is 5.78. The molecule has 0 saturated carbocycles. The quantitative estimate of drug-likeness (QED) is 0.635. The highest BCUT2D eigenvalue weighted by Crippen LogP contribution is 2.37. The fourth-order valence-electron chi connectivity index (χ4n) is 4.08. The number of nitrogens with two attached hydrogens (primary N) is 1. The van der Waals surface area contributed by atoms with Crippen LogP contribution in [0.2, 0.25) is 0 Å². The summed E-state index contributed by atoms with van der Waals surface area (Å²) in [5, 5.41) is 20.0. The number of aliphatic hydroxyl groups excluding tert-OH is 1. The number of aromatic nitrogens is 2. The van der Waals surface area contributed by atoms with E-state index < -0.39 is 6.23 Å². The van der Waals surface area contributed by atoms with Crippen molar-refractivity contribution in [3.8, 4) is 17.3 Å². The number of H-pyrrole nitrogens is 1. The van der Waals surface area contributed by atoms with E-state index in [-0.39, 0.29) is 0 Å². The molecule has 3 aromatic rings. The van der Waals surface area contributed by atoms with Gasteiger partial charge in [0.25, 0.3) is 0 Å². The Kier molecular flexibility index (Phi) is 4.87. The molecule has 2 aromatic carbocycles. The van der Waals surface area contributed by atoms with Gasteiger partial charge in [0.1, 0.15) is 17.9 Å². The molecule has 0 bridgehead atoms. The van der Waals surface area contributed by atoms with E-state index in [1.54, 1.807) is 0 Å². The first-order valence-electron chi connectivity index (χ1n) is 9.73. The number of hydrogen-bond donors (Lipinski definition) is 3. The van der Waals surface area contributed by atoms with Gasteiger partial charge in [0.2, 0.25) is 0 Å². The first kappa shape index (κ1) is 19.2. The summed E-state index contributed by atoms with van der Waals surface area (Å²) < 4.78 is 0. The van der Waals surface area contributed by atoms with Crippen LogP contribution < -0.4 is 5.73 Å². The lowest BCUT2D eigenvalue weighted by Crippen LogP contribution is -2.47. The lowest BCUT2D eigenvalue weighted by molar-refractivity contribution is -0.0487. The Hall–Kier alpha value is -3.14. The molecule has 0 aliphatic carbocycles. The van der Waals surface area contributed by atoms with Crippen molar-refractivity contribution in [3.05, 3.63) is 70.0 Å². The second kappa shape index (κ2) is 7.36. The maximum atomic E-state index is 11.0. The molecule has 6 nitrogen and oxygen atoms in total. The topological polar surface area (TPSA) is 102 Å². The molecule has 1 atom stereocenters. The summed E-state index contributed by atoms with van der Waals surface area (Å²) in [6, 6.07) is 14.0. The molecule has 1 saturated heterocycles. The molecule has 2 heterocycles. The number of likely N-dealkylation sites (tertiary alicyclic amines) is 1. The van der Waals surface area contributed by atoms with Crippen LogP contribution in [0.5, 0.6) is 0 Å². The van der Waals surface area contributed by atoms with Crippen molar-refractivity contribution in [1.82, 2.24) is 14.9 Å². The molecule has 1 aliphatic heterocycles. The Labute approximate surface area is 170 Å². The molecular weight excluding hydrogens is 362 g/mol. The van der Waals surface area contributed by atoms with Gasteiger partial charge in [0, 0.05) is 24.6 Å². The fourth-order valence-corrected chi connectivity index (χ4v) is 4.08.